The topological polar surface area (TPSA) is 35.5 Å². The second kappa shape index (κ2) is 11.6. The highest BCUT2D eigenvalue weighted by atomic mass is 32.7. The van der Waals surface area contributed by atoms with Crippen molar-refractivity contribution in [2.75, 3.05) is 31.0 Å². The number of carbonyl (C=O) groups is 1. The van der Waals surface area contributed by atoms with Crippen molar-refractivity contribution in [3.63, 3.8) is 0 Å². The summed E-state index contributed by atoms with van der Waals surface area (Å²) in [5, 5.41) is 0.699. The SMILES string of the molecule is CSCCOP(OCCSC(=O)C(C)(C)C)SC(C)C. The molecule has 0 aromatic carbocycles. The van der Waals surface area contributed by atoms with Crippen LogP contribution in [0.25, 0.3) is 0 Å². The van der Waals surface area contributed by atoms with Crippen LogP contribution in [0.4, 0.5) is 0 Å². The molecular formula is C13H27O3PS3. The van der Waals surface area contributed by atoms with Crippen LogP contribution in [0.5, 0.6) is 0 Å². The standard InChI is InChI=1S/C13H27O3PS3/c1-11(2)20-17(15-7-9-18-6)16-8-10-19-12(14)13(3,4)5/h11H,7-10H2,1-6H3. The van der Waals surface area contributed by atoms with E-state index >= 15 is 0 Å². The van der Waals surface area contributed by atoms with Gasteiger partial charge in [-0.05, 0) is 6.26 Å². The lowest BCUT2D eigenvalue weighted by molar-refractivity contribution is -0.117. The first-order chi connectivity index (χ1) is 9.27. The van der Waals surface area contributed by atoms with E-state index < -0.39 is 7.58 Å². The molecule has 20 heavy (non-hydrogen) atoms. The molecule has 0 aromatic rings. The van der Waals surface area contributed by atoms with Gasteiger partial charge in [-0.25, -0.2) is 0 Å². The molecule has 0 aliphatic heterocycles. The zero-order valence-electron chi connectivity index (χ0n) is 13.3. The molecule has 0 aliphatic rings. The summed E-state index contributed by atoms with van der Waals surface area (Å²) in [7, 11) is -0.892. The lowest BCUT2D eigenvalue weighted by Crippen LogP contribution is -2.17. The molecule has 0 radical (unpaired) electrons. The third-order valence-corrected chi connectivity index (χ3v) is 7.52. The molecule has 120 valence electrons. The average Bonchev–Trinajstić information content (AvgIpc) is 2.32. The van der Waals surface area contributed by atoms with E-state index in [0.29, 0.717) is 17.6 Å². The third-order valence-electron chi connectivity index (χ3n) is 1.91. The molecule has 0 rings (SSSR count). The average molecular weight is 359 g/mol. The van der Waals surface area contributed by atoms with Gasteiger partial charge in [-0.3, -0.25) is 4.79 Å². The normalized spacial score (nSPS) is 13.8. The van der Waals surface area contributed by atoms with Crippen molar-refractivity contribution in [2.24, 2.45) is 5.41 Å². The molecule has 0 aromatic heterocycles. The smallest absolute Gasteiger partial charge is 0.238 e. The minimum atomic E-state index is -0.892. The fourth-order valence-corrected chi connectivity index (χ4v) is 5.08. The minimum Gasteiger partial charge on any atom is -0.325 e. The molecule has 1 atom stereocenters. The zero-order valence-corrected chi connectivity index (χ0v) is 16.6. The molecule has 0 heterocycles. The first-order valence-electron chi connectivity index (χ1n) is 6.66. The van der Waals surface area contributed by atoms with Gasteiger partial charge in [0.2, 0.25) is 7.58 Å². The van der Waals surface area contributed by atoms with Crippen LogP contribution < -0.4 is 0 Å². The predicted octanol–water partition coefficient (Wildman–Crippen LogP) is 5.06. The minimum absolute atomic E-state index is 0.213. The first-order valence-corrected chi connectivity index (χ1v) is 11.7. The molecule has 0 N–H and O–H groups in total. The fourth-order valence-electron chi connectivity index (χ4n) is 0.928. The van der Waals surface area contributed by atoms with E-state index in [0.717, 1.165) is 12.4 Å². The second-order valence-corrected chi connectivity index (χ2v) is 11.1. The Morgan fingerprint density at radius 3 is 2.15 bits per heavy atom. The Morgan fingerprint density at radius 1 is 1.15 bits per heavy atom. The third kappa shape index (κ3) is 11.7. The zero-order chi connectivity index (χ0) is 15.6. The Hall–Kier alpha value is 1.07. The molecular weight excluding hydrogens is 331 g/mol. The lowest BCUT2D eigenvalue weighted by atomic mass is 10.00. The van der Waals surface area contributed by atoms with Gasteiger partial charge in [0.1, 0.15) is 0 Å². The van der Waals surface area contributed by atoms with Gasteiger partial charge in [-0.1, -0.05) is 57.8 Å². The lowest BCUT2D eigenvalue weighted by Gasteiger charge is -2.19. The van der Waals surface area contributed by atoms with Crippen LogP contribution in [0.1, 0.15) is 34.6 Å². The quantitative estimate of drug-likeness (QED) is 0.401. The summed E-state index contributed by atoms with van der Waals surface area (Å²) in [5.74, 6) is 1.68. The van der Waals surface area contributed by atoms with Crippen LogP contribution in [0.3, 0.4) is 0 Å². The van der Waals surface area contributed by atoms with Gasteiger partial charge < -0.3 is 9.05 Å². The van der Waals surface area contributed by atoms with E-state index in [4.69, 9.17) is 9.05 Å². The highest BCUT2D eigenvalue weighted by Gasteiger charge is 2.21. The molecule has 3 nitrogen and oxygen atoms in total. The van der Waals surface area contributed by atoms with Gasteiger partial charge in [-0.15, -0.1) is 0 Å². The molecule has 0 amide bonds. The van der Waals surface area contributed by atoms with E-state index in [1.54, 1.807) is 23.1 Å². The molecule has 0 bridgehead atoms. The molecule has 0 aliphatic carbocycles. The van der Waals surface area contributed by atoms with E-state index in [-0.39, 0.29) is 10.5 Å². The van der Waals surface area contributed by atoms with Crippen molar-refractivity contribution in [3.05, 3.63) is 0 Å². The number of carbonyl (C=O) groups excluding carboxylic acids is 1. The summed E-state index contributed by atoms with van der Waals surface area (Å²) in [6.45, 7) is 11.4. The summed E-state index contributed by atoms with van der Waals surface area (Å²) in [6, 6.07) is 0. The Bertz CT molecular complexity index is 270. The number of hydrogen-bond donors (Lipinski definition) is 0. The van der Waals surface area contributed by atoms with Gasteiger partial charge >= 0.3 is 0 Å². The number of hydrogen-bond acceptors (Lipinski definition) is 6. The van der Waals surface area contributed by atoms with Gasteiger partial charge in [0.15, 0.2) is 5.12 Å². The molecule has 1 unspecified atom stereocenters. The number of thioether (sulfide) groups is 2. The summed E-state index contributed by atoms with van der Waals surface area (Å²) in [6.07, 6.45) is 2.07. The van der Waals surface area contributed by atoms with Crippen molar-refractivity contribution >= 4 is 47.6 Å². The van der Waals surface area contributed by atoms with Crippen molar-refractivity contribution in [1.82, 2.24) is 0 Å². The molecule has 0 spiro atoms. The monoisotopic (exact) mass is 358 g/mol. The van der Waals surface area contributed by atoms with Crippen LogP contribution in [0.15, 0.2) is 0 Å². The van der Waals surface area contributed by atoms with E-state index in [2.05, 4.69) is 20.1 Å². The van der Waals surface area contributed by atoms with Crippen molar-refractivity contribution in [3.8, 4) is 0 Å². The first kappa shape index (κ1) is 21.1. The summed E-state index contributed by atoms with van der Waals surface area (Å²) in [4.78, 5) is 11.8. The molecule has 0 saturated heterocycles. The Labute approximate surface area is 137 Å². The second-order valence-electron chi connectivity index (χ2n) is 5.42. The maximum absolute atomic E-state index is 11.8. The van der Waals surface area contributed by atoms with E-state index in [9.17, 15) is 4.79 Å². The van der Waals surface area contributed by atoms with Crippen molar-refractivity contribution < 1.29 is 13.8 Å². The van der Waals surface area contributed by atoms with Crippen LogP contribution in [-0.4, -0.2) is 41.3 Å². The van der Waals surface area contributed by atoms with Gasteiger partial charge in [0, 0.05) is 22.2 Å². The van der Waals surface area contributed by atoms with Crippen LogP contribution in [0, 0.1) is 5.41 Å². The van der Waals surface area contributed by atoms with Crippen LogP contribution in [0.2, 0.25) is 0 Å². The Morgan fingerprint density at radius 2 is 1.70 bits per heavy atom. The van der Waals surface area contributed by atoms with Crippen LogP contribution in [-0.2, 0) is 13.8 Å². The Kier molecular flexibility index (Phi) is 12.2. The maximum Gasteiger partial charge on any atom is 0.238 e. The predicted molar refractivity (Wildman–Crippen MR) is 96.9 cm³/mol. The van der Waals surface area contributed by atoms with Crippen molar-refractivity contribution in [1.29, 1.82) is 0 Å². The van der Waals surface area contributed by atoms with Gasteiger partial charge in [-0.2, -0.15) is 11.8 Å². The molecule has 7 heteroatoms. The summed E-state index contributed by atoms with van der Waals surface area (Å²) >= 11 is 4.85. The van der Waals surface area contributed by atoms with E-state index in [1.165, 1.54) is 11.8 Å². The summed E-state index contributed by atoms with van der Waals surface area (Å²) < 4.78 is 11.5. The molecule has 0 fully saturated rings. The highest BCUT2D eigenvalue weighted by Crippen LogP contribution is 2.53. The van der Waals surface area contributed by atoms with Crippen molar-refractivity contribution in [2.45, 2.75) is 39.9 Å². The molecule has 0 saturated carbocycles. The maximum atomic E-state index is 11.8. The Balaban J connectivity index is 3.91. The summed E-state index contributed by atoms with van der Waals surface area (Å²) in [5.41, 5.74) is -0.281. The highest BCUT2D eigenvalue weighted by molar-refractivity contribution is 8.53. The fraction of sp³-hybridized carbons (Fsp3) is 0.923. The largest absolute Gasteiger partial charge is 0.325 e. The van der Waals surface area contributed by atoms with Crippen LogP contribution >= 0.6 is 42.5 Å². The number of rotatable bonds is 10. The van der Waals surface area contributed by atoms with Gasteiger partial charge in [0.05, 0.1) is 13.2 Å². The van der Waals surface area contributed by atoms with E-state index in [1.807, 2.05) is 20.8 Å². The van der Waals surface area contributed by atoms with Gasteiger partial charge in [0.25, 0.3) is 0 Å².